The fraction of sp³-hybridized carbons (Fsp3) is 1.00. The van der Waals surface area contributed by atoms with Crippen LogP contribution in [0, 0.1) is 0 Å². The van der Waals surface area contributed by atoms with Gasteiger partial charge in [0.2, 0.25) is 0 Å². The van der Waals surface area contributed by atoms with Crippen LogP contribution in [0.25, 0.3) is 0 Å². The molecule has 6 nitrogen and oxygen atoms in total. The van der Waals surface area contributed by atoms with Gasteiger partial charge in [-0.25, -0.2) is 0 Å². The molecule has 0 atom stereocenters. The van der Waals surface area contributed by atoms with Gasteiger partial charge in [-0.15, -0.1) is 0 Å². The lowest BCUT2D eigenvalue weighted by molar-refractivity contribution is 0.185. The molecule has 0 unspecified atom stereocenters. The molecule has 0 amide bonds. The van der Waals surface area contributed by atoms with Gasteiger partial charge >= 0.3 is 0 Å². The molecule has 0 aliphatic carbocycles. The first-order valence-electron chi connectivity index (χ1n) is 23.8. The molecule has 0 spiro atoms. The van der Waals surface area contributed by atoms with E-state index in [0.717, 1.165) is 36.3 Å². The summed E-state index contributed by atoms with van der Waals surface area (Å²) in [6.07, 6.45) is 24.2. The smallest absolute Gasteiger partial charge is 0.00385 e. The summed E-state index contributed by atoms with van der Waals surface area (Å²) in [4.78, 5) is 15.3. The highest BCUT2D eigenvalue weighted by Crippen LogP contribution is 2.14. The standard InChI is InChI=1S/5C8H17N.C7H15N.2CH4/c5*1-8(2)9-6-4-3-5-7-9;1-7(2)8-5-3-4-6-8;;/h5*8H,3-7H2,1-2H3;7H,3-6H2,1-2H3;2*1H4. The van der Waals surface area contributed by atoms with Crippen LogP contribution in [0.15, 0.2) is 0 Å². The van der Waals surface area contributed by atoms with E-state index in [2.05, 4.69) is 112 Å². The second-order valence-electron chi connectivity index (χ2n) is 18.8. The first-order chi connectivity index (χ1) is 25.3. The fourth-order valence-electron chi connectivity index (χ4n) is 8.43. The fourth-order valence-corrected chi connectivity index (χ4v) is 8.43. The zero-order chi connectivity index (χ0) is 39.4. The summed E-state index contributed by atoms with van der Waals surface area (Å²) in [5.41, 5.74) is 0. The number of nitrogens with zero attached hydrogens (tertiary/aromatic N) is 6. The van der Waals surface area contributed by atoms with E-state index in [1.165, 1.54) is 188 Å². The molecule has 55 heavy (non-hydrogen) atoms. The summed E-state index contributed by atoms with van der Waals surface area (Å²) >= 11 is 0. The van der Waals surface area contributed by atoms with Crippen molar-refractivity contribution in [1.82, 2.24) is 29.4 Å². The Hall–Kier alpha value is -0.240. The lowest BCUT2D eigenvalue weighted by Gasteiger charge is -2.29. The Balaban J connectivity index is 0. The largest absolute Gasteiger partial charge is 0.301 e. The van der Waals surface area contributed by atoms with Crippen molar-refractivity contribution in [3.63, 3.8) is 0 Å². The Morgan fingerprint density at radius 2 is 0.273 bits per heavy atom. The third kappa shape index (κ3) is 28.8. The van der Waals surface area contributed by atoms with E-state index < -0.39 is 0 Å². The molecule has 6 fully saturated rings. The minimum atomic E-state index is 0. The van der Waals surface area contributed by atoms with Gasteiger partial charge < -0.3 is 29.4 Å². The Labute approximate surface area is 350 Å². The average Bonchev–Trinajstić information content (AvgIpc) is 3.74. The Morgan fingerprint density at radius 1 is 0.182 bits per heavy atom. The zero-order valence-corrected chi connectivity index (χ0v) is 38.7. The van der Waals surface area contributed by atoms with Crippen LogP contribution in [0.4, 0.5) is 0 Å². The van der Waals surface area contributed by atoms with E-state index in [9.17, 15) is 0 Å². The van der Waals surface area contributed by atoms with E-state index in [1.807, 2.05) is 0 Å². The van der Waals surface area contributed by atoms with E-state index >= 15 is 0 Å². The highest BCUT2D eigenvalue weighted by Gasteiger charge is 2.15. The molecule has 6 aliphatic rings. The Kier molecular flexibility index (Phi) is 36.9. The normalized spacial score (nSPS) is 22.1. The van der Waals surface area contributed by atoms with Crippen LogP contribution < -0.4 is 0 Å². The summed E-state index contributed by atoms with van der Waals surface area (Å²) in [7, 11) is 0. The summed E-state index contributed by atoms with van der Waals surface area (Å²) in [5, 5.41) is 0. The van der Waals surface area contributed by atoms with Gasteiger partial charge in [0, 0.05) is 36.3 Å². The van der Waals surface area contributed by atoms with Gasteiger partial charge in [0.15, 0.2) is 0 Å². The zero-order valence-electron chi connectivity index (χ0n) is 38.7. The van der Waals surface area contributed by atoms with E-state index in [4.69, 9.17) is 0 Å². The predicted molar refractivity (Wildman–Crippen MR) is 252 cm³/mol. The maximum atomic E-state index is 2.56. The second kappa shape index (κ2) is 35.7. The van der Waals surface area contributed by atoms with Crippen LogP contribution in [-0.2, 0) is 0 Å². The molecule has 0 aromatic heterocycles. The number of piperidine rings is 5. The molecule has 6 saturated heterocycles. The summed E-state index contributed by atoms with van der Waals surface area (Å²) in [6, 6.07) is 4.62. The quantitative estimate of drug-likeness (QED) is 0.265. The molecule has 0 saturated carbocycles. The van der Waals surface area contributed by atoms with Crippen molar-refractivity contribution in [1.29, 1.82) is 0 Å². The highest BCUT2D eigenvalue weighted by atomic mass is 15.2. The summed E-state index contributed by atoms with van der Waals surface area (Å²) < 4.78 is 0. The molecule has 6 heteroatoms. The minimum absolute atomic E-state index is 0. The van der Waals surface area contributed by atoms with Gasteiger partial charge in [0.25, 0.3) is 0 Å². The first kappa shape index (κ1) is 56.9. The molecular formula is C49H108N6. The molecule has 0 aromatic carbocycles. The predicted octanol–water partition coefficient (Wildman–Crippen LogP) is 12.2. The van der Waals surface area contributed by atoms with Crippen LogP contribution in [-0.4, -0.2) is 144 Å². The van der Waals surface area contributed by atoms with Gasteiger partial charge in [-0.05, 0) is 239 Å². The SMILES string of the molecule is C.C.CC(C)N1CCCC1.CC(C)N1CCCCC1.CC(C)N1CCCCC1.CC(C)N1CCCCC1.CC(C)N1CCCCC1.CC(C)N1CCCCC1. The maximum absolute atomic E-state index is 2.56. The summed E-state index contributed by atoms with van der Waals surface area (Å²) in [5.74, 6) is 0. The van der Waals surface area contributed by atoms with Crippen molar-refractivity contribution in [3.8, 4) is 0 Å². The van der Waals surface area contributed by atoms with Gasteiger partial charge in [0.05, 0.1) is 0 Å². The molecule has 6 rings (SSSR count). The van der Waals surface area contributed by atoms with Crippen molar-refractivity contribution < 1.29 is 0 Å². The van der Waals surface area contributed by atoms with Gasteiger partial charge in [-0.2, -0.15) is 0 Å². The van der Waals surface area contributed by atoms with Gasteiger partial charge in [-0.1, -0.05) is 47.0 Å². The van der Waals surface area contributed by atoms with Crippen LogP contribution in [0.2, 0.25) is 0 Å². The van der Waals surface area contributed by atoms with Crippen LogP contribution in [0.1, 0.15) is 207 Å². The van der Waals surface area contributed by atoms with Gasteiger partial charge in [-0.3, -0.25) is 0 Å². The van der Waals surface area contributed by atoms with Crippen molar-refractivity contribution in [2.75, 3.05) is 78.5 Å². The lowest BCUT2D eigenvalue weighted by atomic mass is 10.1. The minimum Gasteiger partial charge on any atom is -0.301 e. The van der Waals surface area contributed by atoms with Crippen molar-refractivity contribution >= 4 is 0 Å². The molecule has 0 N–H and O–H groups in total. The molecule has 0 bridgehead atoms. The Bertz CT molecular complexity index is 635. The van der Waals surface area contributed by atoms with Gasteiger partial charge in [0.1, 0.15) is 0 Å². The molecule has 6 heterocycles. The van der Waals surface area contributed by atoms with Crippen LogP contribution in [0.3, 0.4) is 0 Å². The van der Waals surface area contributed by atoms with E-state index in [-0.39, 0.29) is 14.9 Å². The molecular weight excluding hydrogens is 673 g/mol. The van der Waals surface area contributed by atoms with E-state index in [1.54, 1.807) is 0 Å². The molecule has 0 radical (unpaired) electrons. The van der Waals surface area contributed by atoms with E-state index in [0.29, 0.717) is 0 Å². The third-order valence-electron chi connectivity index (χ3n) is 12.5. The second-order valence-corrected chi connectivity index (χ2v) is 18.8. The average molecular weight is 781 g/mol. The van der Waals surface area contributed by atoms with Crippen molar-refractivity contribution in [2.45, 2.75) is 243 Å². The van der Waals surface area contributed by atoms with Crippen LogP contribution in [0.5, 0.6) is 0 Å². The molecule has 0 aromatic rings. The third-order valence-corrected chi connectivity index (χ3v) is 12.5. The molecule has 334 valence electrons. The number of likely N-dealkylation sites (tertiary alicyclic amines) is 6. The number of hydrogen-bond donors (Lipinski definition) is 0. The summed E-state index contributed by atoms with van der Waals surface area (Å²) in [6.45, 7) is 43.3. The highest BCUT2D eigenvalue weighted by molar-refractivity contribution is 4.71. The number of rotatable bonds is 6. The monoisotopic (exact) mass is 781 g/mol. The Morgan fingerprint density at radius 3 is 0.345 bits per heavy atom. The lowest BCUT2D eigenvalue weighted by Crippen LogP contribution is -2.35. The number of hydrogen-bond acceptors (Lipinski definition) is 6. The maximum Gasteiger partial charge on any atom is 0.00385 e. The topological polar surface area (TPSA) is 19.4 Å². The van der Waals surface area contributed by atoms with Crippen LogP contribution >= 0.6 is 0 Å². The van der Waals surface area contributed by atoms with Crippen molar-refractivity contribution in [2.24, 2.45) is 0 Å². The van der Waals surface area contributed by atoms with Crippen molar-refractivity contribution in [3.05, 3.63) is 0 Å². The molecule has 6 aliphatic heterocycles. The first-order valence-corrected chi connectivity index (χ1v) is 23.8.